The lowest BCUT2D eigenvalue weighted by Crippen LogP contribution is -2.19. The third-order valence-corrected chi connectivity index (χ3v) is 7.28. The molecule has 37 heavy (non-hydrogen) atoms. The van der Waals surface area contributed by atoms with Gasteiger partial charge in [-0.3, -0.25) is 9.59 Å². The molecular weight excluding hydrogens is 506 g/mol. The largest absolute Gasteiger partial charge is 0.478 e. The van der Waals surface area contributed by atoms with Gasteiger partial charge in [-0.05, 0) is 30.7 Å². The predicted molar refractivity (Wildman–Crippen MR) is 148 cm³/mol. The molecule has 0 aliphatic rings. The quantitative estimate of drug-likeness (QED) is 0.177. The van der Waals surface area contributed by atoms with Crippen molar-refractivity contribution in [3.8, 4) is 11.3 Å². The molecule has 1 heterocycles. The molecular formula is C28H23N3O4S2. The second-order valence-corrected chi connectivity index (χ2v) is 10.3. The van der Waals surface area contributed by atoms with Crippen LogP contribution < -0.4 is 10.6 Å². The summed E-state index contributed by atoms with van der Waals surface area (Å²) in [5.74, 6) is -1.99. The number of carbonyl (C=O) groups is 3. The van der Waals surface area contributed by atoms with Crippen molar-refractivity contribution >= 4 is 51.7 Å². The van der Waals surface area contributed by atoms with Crippen LogP contribution in [0.2, 0.25) is 0 Å². The van der Waals surface area contributed by atoms with Gasteiger partial charge in [-0.25, -0.2) is 9.78 Å². The SMILES string of the molecule is Cc1sc(NC(=O)C(Sc2cccc(NC(=O)/C=C/C(=O)O)c2)c2ccccc2)nc1-c1ccccc1. The van der Waals surface area contributed by atoms with E-state index < -0.39 is 17.1 Å². The Kier molecular flexibility index (Phi) is 8.50. The van der Waals surface area contributed by atoms with Crippen molar-refractivity contribution in [1.29, 1.82) is 0 Å². The van der Waals surface area contributed by atoms with Gasteiger partial charge in [0.1, 0.15) is 5.25 Å². The fraction of sp³-hybridized carbons (Fsp3) is 0.0714. The summed E-state index contributed by atoms with van der Waals surface area (Å²) in [6.07, 6.45) is 1.72. The van der Waals surface area contributed by atoms with E-state index in [1.807, 2.05) is 73.7 Å². The molecule has 0 aliphatic heterocycles. The molecule has 0 saturated carbocycles. The first-order chi connectivity index (χ1) is 17.9. The van der Waals surface area contributed by atoms with Crippen molar-refractivity contribution in [3.05, 3.63) is 108 Å². The number of thiazole rings is 1. The van der Waals surface area contributed by atoms with E-state index in [2.05, 4.69) is 15.6 Å². The standard InChI is InChI=1S/C28H23N3O4S2/c1-18-25(19-9-4-2-5-10-19)30-28(36-18)31-27(35)26(20-11-6-3-7-12-20)37-22-14-8-13-21(17-22)29-23(32)15-16-24(33)34/h2-17,26H,1H3,(H,29,32)(H,33,34)(H,30,31,35)/b16-15+. The number of anilines is 2. The normalized spacial score (nSPS) is 11.7. The van der Waals surface area contributed by atoms with Gasteiger partial charge in [0.25, 0.3) is 0 Å². The maximum atomic E-state index is 13.5. The highest BCUT2D eigenvalue weighted by Crippen LogP contribution is 2.38. The number of amides is 2. The molecule has 0 radical (unpaired) electrons. The molecule has 4 rings (SSSR count). The molecule has 0 saturated heterocycles. The topological polar surface area (TPSA) is 108 Å². The number of nitrogens with zero attached hydrogens (tertiary/aromatic N) is 1. The van der Waals surface area contributed by atoms with Crippen molar-refractivity contribution in [3.63, 3.8) is 0 Å². The van der Waals surface area contributed by atoms with Crippen molar-refractivity contribution in [2.75, 3.05) is 10.6 Å². The van der Waals surface area contributed by atoms with Crippen molar-refractivity contribution in [2.45, 2.75) is 17.1 Å². The lowest BCUT2D eigenvalue weighted by Gasteiger charge is -2.17. The summed E-state index contributed by atoms with van der Waals surface area (Å²) < 4.78 is 0. The average Bonchev–Trinajstić information content (AvgIpc) is 3.27. The number of hydrogen-bond acceptors (Lipinski definition) is 6. The Morgan fingerprint density at radius 1 is 0.919 bits per heavy atom. The second kappa shape index (κ2) is 12.2. The molecule has 7 nitrogen and oxygen atoms in total. The number of carbonyl (C=O) groups excluding carboxylic acids is 2. The van der Waals surface area contributed by atoms with Gasteiger partial charge in [0.15, 0.2) is 5.13 Å². The van der Waals surface area contributed by atoms with Crippen LogP contribution in [0.4, 0.5) is 10.8 Å². The van der Waals surface area contributed by atoms with E-state index in [0.717, 1.165) is 38.7 Å². The van der Waals surface area contributed by atoms with Crippen LogP contribution in [0.1, 0.15) is 15.7 Å². The second-order valence-electron chi connectivity index (χ2n) is 7.88. The van der Waals surface area contributed by atoms with Gasteiger partial charge < -0.3 is 15.7 Å². The number of hydrogen-bond donors (Lipinski definition) is 3. The number of thioether (sulfide) groups is 1. The van der Waals surface area contributed by atoms with Crippen LogP contribution in [0.25, 0.3) is 11.3 Å². The van der Waals surface area contributed by atoms with Crippen LogP contribution >= 0.6 is 23.1 Å². The highest BCUT2D eigenvalue weighted by atomic mass is 32.2. The van der Waals surface area contributed by atoms with Gasteiger partial charge in [-0.1, -0.05) is 66.7 Å². The molecule has 2 amide bonds. The first-order valence-corrected chi connectivity index (χ1v) is 13.0. The van der Waals surface area contributed by atoms with Crippen LogP contribution in [0.3, 0.4) is 0 Å². The fourth-order valence-corrected chi connectivity index (χ4v) is 5.42. The van der Waals surface area contributed by atoms with Crippen molar-refractivity contribution in [1.82, 2.24) is 4.98 Å². The Morgan fingerprint density at radius 3 is 2.32 bits per heavy atom. The summed E-state index contributed by atoms with van der Waals surface area (Å²) in [6, 6.07) is 26.3. The van der Waals surface area contributed by atoms with Gasteiger partial charge in [0.2, 0.25) is 11.8 Å². The minimum absolute atomic E-state index is 0.219. The summed E-state index contributed by atoms with van der Waals surface area (Å²) in [5, 5.41) is 14.3. The zero-order chi connectivity index (χ0) is 26.2. The predicted octanol–water partition coefficient (Wildman–Crippen LogP) is 6.17. The Hall–Kier alpha value is -4.21. The summed E-state index contributed by atoms with van der Waals surface area (Å²) in [5.41, 5.74) is 3.13. The maximum Gasteiger partial charge on any atom is 0.328 e. The highest BCUT2D eigenvalue weighted by molar-refractivity contribution is 8.00. The number of rotatable bonds is 9. The van der Waals surface area contributed by atoms with E-state index in [4.69, 9.17) is 5.11 Å². The van der Waals surface area contributed by atoms with Gasteiger partial charge in [-0.15, -0.1) is 23.1 Å². The molecule has 1 aromatic heterocycles. The fourth-order valence-electron chi connectivity index (χ4n) is 3.50. The molecule has 9 heteroatoms. The Labute approximate surface area is 222 Å². The number of aryl methyl sites for hydroxylation is 1. The molecule has 0 fully saturated rings. The third-order valence-electron chi connectivity index (χ3n) is 5.15. The Morgan fingerprint density at radius 2 is 1.62 bits per heavy atom. The van der Waals surface area contributed by atoms with E-state index in [9.17, 15) is 14.4 Å². The summed E-state index contributed by atoms with van der Waals surface area (Å²) in [4.78, 5) is 42.5. The Bertz CT molecular complexity index is 1440. The van der Waals surface area contributed by atoms with E-state index in [-0.39, 0.29) is 5.91 Å². The van der Waals surface area contributed by atoms with Crippen molar-refractivity contribution < 1.29 is 19.5 Å². The summed E-state index contributed by atoms with van der Waals surface area (Å²) >= 11 is 2.76. The van der Waals surface area contributed by atoms with E-state index in [1.165, 1.54) is 23.1 Å². The maximum absolute atomic E-state index is 13.5. The van der Waals surface area contributed by atoms with Gasteiger partial charge in [-0.2, -0.15) is 0 Å². The molecule has 0 bridgehead atoms. The zero-order valence-corrected chi connectivity index (χ0v) is 21.4. The smallest absolute Gasteiger partial charge is 0.328 e. The average molecular weight is 530 g/mol. The van der Waals surface area contributed by atoms with Gasteiger partial charge >= 0.3 is 5.97 Å². The lowest BCUT2D eigenvalue weighted by atomic mass is 10.1. The lowest BCUT2D eigenvalue weighted by molar-refractivity contribution is -0.131. The summed E-state index contributed by atoms with van der Waals surface area (Å²) in [6.45, 7) is 1.98. The monoisotopic (exact) mass is 529 g/mol. The van der Waals surface area contributed by atoms with E-state index in [0.29, 0.717) is 10.8 Å². The Balaban J connectivity index is 1.54. The minimum Gasteiger partial charge on any atom is -0.478 e. The number of carboxylic acids is 1. The number of carboxylic acid groups (broad SMARTS) is 1. The molecule has 3 aromatic carbocycles. The minimum atomic E-state index is -1.21. The number of aliphatic carboxylic acids is 1. The molecule has 1 atom stereocenters. The van der Waals surface area contributed by atoms with Crippen LogP contribution in [0, 0.1) is 6.92 Å². The number of benzene rings is 3. The highest BCUT2D eigenvalue weighted by Gasteiger charge is 2.24. The third kappa shape index (κ3) is 7.16. The molecule has 3 N–H and O–H groups in total. The summed E-state index contributed by atoms with van der Waals surface area (Å²) in [7, 11) is 0. The number of nitrogens with one attached hydrogen (secondary N) is 2. The number of aromatic nitrogens is 1. The van der Waals surface area contributed by atoms with Crippen LogP contribution in [-0.2, 0) is 14.4 Å². The van der Waals surface area contributed by atoms with Crippen LogP contribution in [0.15, 0.2) is 102 Å². The van der Waals surface area contributed by atoms with Gasteiger partial charge in [0, 0.05) is 33.2 Å². The molecule has 186 valence electrons. The molecule has 0 spiro atoms. The molecule has 0 aliphatic carbocycles. The first-order valence-electron chi connectivity index (χ1n) is 11.3. The molecule has 1 unspecified atom stereocenters. The van der Waals surface area contributed by atoms with Crippen LogP contribution in [0.5, 0.6) is 0 Å². The van der Waals surface area contributed by atoms with Crippen molar-refractivity contribution in [2.24, 2.45) is 0 Å². The first kappa shape index (κ1) is 25.9. The zero-order valence-electron chi connectivity index (χ0n) is 19.8. The van der Waals surface area contributed by atoms with E-state index in [1.54, 1.807) is 18.2 Å². The molecule has 4 aromatic rings. The van der Waals surface area contributed by atoms with Gasteiger partial charge in [0.05, 0.1) is 5.69 Å². The van der Waals surface area contributed by atoms with E-state index >= 15 is 0 Å². The van der Waals surface area contributed by atoms with Crippen LogP contribution in [-0.4, -0.2) is 27.9 Å².